The smallest absolute Gasteiger partial charge is 0.110 e. The van der Waals surface area contributed by atoms with Crippen LogP contribution in [0, 0.1) is 0 Å². The Balaban J connectivity index is 1.86. The number of ether oxygens (including phenoxy) is 1. The van der Waals surface area contributed by atoms with E-state index in [9.17, 15) is 10.2 Å². The monoisotopic (exact) mass is 250 g/mol. The maximum atomic E-state index is 10.4. The van der Waals surface area contributed by atoms with Gasteiger partial charge in [0, 0.05) is 0 Å². The Morgan fingerprint density at radius 2 is 1.78 bits per heavy atom. The molecule has 0 heterocycles. The maximum absolute atomic E-state index is 10.4. The number of aliphatic hydroxyl groups excluding tert-OH is 1. The van der Waals surface area contributed by atoms with Crippen molar-refractivity contribution in [3.05, 3.63) is 35.9 Å². The molecule has 0 spiro atoms. The van der Waals surface area contributed by atoms with Crippen LogP contribution in [0.4, 0.5) is 0 Å². The summed E-state index contributed by atoms with van der Waals surface area (Å²) in [5.74, 6) is 0. The molecule has 0 radical (unpaired) electrons. The van der Waals surface area contributed by atoms with E-state index in [0.717, 1.165) is 31.2 Å². The van der Waals surface area contributed by atoms with Crippen molar-refractivity contribution in [1.82, 2.24) is 0 Å². The highest BCUT2D eigenvalue weighted by Gasteiger charge is 2.26. The Kier molecular flexibility index (Phi) is 4.38. The molecule has 2 rings (SSSR count). The summed E-state index contributed by atoms with van der Waals surface area (Å²) in [5, 5.41) is 19.8. The van der Waals surface area contributed by atoms with Crippen molar-refractivity contribution in [2.75, 3.05) is 6.61 Å². The summed E-state index contributed by atoms with van der Waals surface area (Å²) >= 11 is 0. The summed E-state index contributed by atoms with van der Waals surface area (Å²) < 4.78 is 5.79. The lowest BCUT2D eigenvalue weighted by atomic mass is 9.94. The van der Waals surface area contributed by atoms with Gasteiger partial charge in [-0.15, -0.1) is 0 Å². The van der Waals surface area contributed by atoms with Gasteiger partial charge in [0.2, 0.25) is 0 Å². The standard InChI is InChI=1S/C15H22O3/c1-15(17,12-5-3-2-4-6-12)11-18-14-9-7-13(16)8-10-14/h2-6,13-14,16-17H,7-11H2,1H3. The molecule has 18 heavy (non-hydrogen) atoms. The number of benzene rings is 1. The molecule has 0 saturated heterocycles. The van der Waals surface area contributed by atoms with Gasteiger partial charge in [-0.3, -0.25) is 0 Å². The Hall–Kier alpha value is -0.900. The van der Waals surface area contributed by atoms with Crippen LogP contribution in [0.15, 0.2) is 30.3 Å². The minimum Gasteiger partial charge on any atom is -0.393 e. The van der Waals surface area contributed by atoms with Crippen molar-refractivity contribution in [3.63, 3.8) is 0 Å². The molecular weight excluding hydrogens is 228 g/mol. The average molecular weight is 250 g/mol. The summed E-state index contributed by atoms with van der Waals surface area (Å²) in [7, 11) is 0. The van der Waals surface area contributed by atoms with Crippen molar-refractivity contribution in [3.8, 4) is 0 Å². The fourth-order valence-corrected chi connectivity index (χ4v) is 2.37. The second-order valence-corrected chi connectivity index (χ2v) is 5.38. The van der Waals surface area contributed by atoms with Gasteiger partial charge in [0.1, 0.15) is 5.60 Å². The molecule has 100 valence electrons. The quantitative estimate of drug-likeness (QED) is 0.861. The first kappa shape index (κ1) is 13.5. The molecule has 0 amide bonds. The molecule has 3 nitrogen and oxygen atoms in total. The number of rotatable bonds is 4. The van der Waals surface area contributed by atoms with E-state index < -0.39 is 5.60 Å². The molecule has 1 fully saturated rings. The van der Waals surface area contributed by atoms with E-state index in [2.05, 4.69) is 0 Å². The van der Waals surface area contributed by atoms with Gasteiger partial charge in [0.25, 0.3) is 0 Å². The Bertz CT molecular complexity index is 353. The van der Waals surface area contributed by atoms with Crippen LogP contribution in [0.25, 0.3) is 0 Å². The van der Waals surface area contributed by atoms with Gasteiger partial charge < -0.3 is 14.9 Å². The first-order chi connectivity index (χ1) is 8.58. The third-order valence-corrected chi connectivity index (χ3v) is 3.64. The fraction of sp³-hybridized carbons (Fsp3) is 0.600. The van der Waals surface area contributed by atoms with Crippen LogP contribution in [0.3, 0.4) is 0 Å². The molecular formula is C15H22O3. The van der Waals surface area contributed by atoms with Gasteiger partial charge in [0.15, 0.2) is 0 Å². The van der Waals surface area contributed by atoms with Crippen LogP contribution in [-0.2, 0) is 10.3 Å². The van der Waals surface area contributed by atoms with Gasteiger partial charge in [-0.2, -0.15) is 0 Å². The predicted molar refractivity (Wildman–Crippen MR) is 70.2 cm³/mol. The van der Waals surface area contributed by atoms with Crippen molar-refractivity contribution in [2.45, 2.75) is 50.4 Å². The van der Waals surface area contributed by atoms with Crippen LogP contribution in [-0.4, -0.2) is 29.0 Å². The average Bonchev–Trinajstić information content (AvgIpc) is 2.39. The summed E-state index contributed by atoms with van der Waals surface area (Å²) in [5.41, 5.74) is -0.0713. The molecule has 3 heteroatoms. The molecule has 1 aliphatic carbocycles. The number of hydrogen-bond donors (Lipinski definition) is 2. The lowest BCUT2D eigenvalue weighted by Gasteiger charge is -2.30. The molecule has 1 unspecified atom stereocenters. The predicted octanol–water partition coefficient (Wildman–Crippen LogP) is 2.21. The number of hydrogen-bond acceptors (Lipinski definition) is 3. The lowest BCUT2D eigenvalue weighted by Crippen LogP contribution is -2.32. The van der Waals surface area contributed by atoms with Gasteiger partial charge in [-0.25, -0.2) is 0 Å². The van der Waals surface area contributed by atoms with E-state index in [-0.39, 0.29) is 12.2 Å². The van der Waals surface area contributed by atoms with Crippen LogP contribution >= 0.6 is 0 Å². The van der Waals surface area contributed by atoms with E-state index in [0.29, 0.717) is 6.61 Å². The molecule has 2 N–H and O–H groups in total. The zero-order valence-corrected chi connectivity index (χ0v) is 10.9. The zero-order valence-electron chi connectivity index (χ0n) is 10.9. The van der Waals surface area contributed by atoms with Crippen molar-refractivity contribution in [1.29, 1.82) is 0 Å². The van der Waals surface area contributed by atoms with Gasteiger partial charge in [-0.1, -0.05) is 30.3 Å². The Morgan fingerprint density at radius 3 is 2.39 bits per heavy atom. The highest BCUT2D eigenvalue weighted by Crippen LogP contribution is 2.25. The summed E-state index contributed by atoms with van der Waals surface area (Å²) in [6, 6.07) is 9.59. The molecule has 1 saturated carbocycles. The molecule has 0 aliphatic heterocycles. The minimum absolute atomic E-state index is 0.167. The van der Waals surface area contributed by atoms with E-state index in [1.807, 2.05) is 30.3 Å². The largest absolute Gasteiger partial charge is 0.393 e. The highest BCUT2D eigenvalue weighted by molar-refractivity contribution is 5.21. The van der Waals surface area contributed by atoms with Crippen LogP contribution < -0.4 is 0 Å². The third-order valence-electron chi connectivity index (χ3n) is 3.64. The zero-order chi connectivity index (χ0) is 13.0. The molecule has 1 aromatic carbocycles. The molecule has 1 aliphatic rings. The van der Waals surface area contributed by atoms with Crippen molar-refractivity contribution in [2.24, 2.45) is 0 Å². The summed E-state index contributed by atoms with van der Waals surface area (Å²) in [6.07, 6.45) is 3.37. The summed E-state index contributed by atoms with van der Waals surface area (Å²) in [4.78, 5) is 0. The van der Waals surface area contributed by atoms with Gasteiger partial charge >= 0.3 is 0 Å². The van der Waals surface area contributed by atoms with E-state index in [1.165, 1.54) is 0 Å². The van der Waals surface area contributed by atoms with Crippen molar-refractivity contribution >= 4 is 0 Å². The van der Waals surface area contributed by atoms with E-state index >= 15 is 0 Å². The van der Waals surface area contributed by atoms with Gasteiger partial charge in [-0.05, 0) is 38.2 Å². The normalized spacial score (nSPS) is 27.7. The topological polar surface area (TPSA) is 49.7 Å². The second kappa shape index (κ2) is 5.83. The molecule has 1 atom stereocenters. The second-order valence-electron chi connectivity index (χ2n) is 5.38. The summed E-state index contributed by atoms with van der Waals surface area (Å²) in [6.45, 7) is 2.08. The van der Waals surface area contributed by atoms with Crippen LogP contribution in [0.5, 0.6) is 0 Å². The Morgan fingerprint density at radius 1 is 1.17 bits per heavy atom. The van der Waals surface area contributed by atoms with E-state index in [4.69, 9.17) is 4.74 Å². The van der Waals surface area contributed by atoms with Crippen LogP contribution in [0.1, 0.15) is 38.2 Å². The molecule has 0 aromatic heterocycles. The van der Waals surface area contributed by atoms with Gasteiger partial charge in [0.05, 0.1) is 18.8 Å². The minimum atomic E-state index is -0.947. The first-order valence-corrected chi connectivity index (χ1v) is 6.65. The Labute approximate surface area is 108 Å². The molecule has 1 aromatic rings. The van der Waals surface area contributed by atoms with E-state index in [1.54, 1.807) is 6.92 Å². The maximum Gasteiger partial charge on any atom is 0.110 e. The SMILES string of the molecule is CC(O)(COC1CCC(O)CC1)c1ccccc1. The van der Waals surface area contributed by atoms with Crippen molar-refractivity contribution < 1.29 is 14.9 Å². The number of aliphatic hydroxyl groups is 2. The first-order valence-electron chi connectivity index (χ1n) is 6.65. The fourth-order valence-electron chi connectivity index (χ4n) is 2.37. The molecule has 0 bridgehead atoms. The highest BCUT2D eigenvalue weighted by atomic mass is 16.5. The lowest BCUT2D eigenvalue weighted by molar-refractivity contribution is -0.0831. The van der Waals surface area contributed by atoms with Crippen LogP contribution in [0.2, 0.25) is 0 Å². The third kappa shape index (κ3) is 3.55.